The maximum absolute atomic E-state index is 12.8. The first-order chi connectivity index (χ1) is 12.4. The Hall–Kier alpha value is -3.40. The molecule has 0 spiro atoms. The smallest absolute Gasteiger partial charge is 0.408 e. The highest BCUT2D eigenvalue weighted by Gasteiger charge is 2.19. The van der Waals surface area contributed by atoms with E-state index in [0.717, 1.165) is 0 Å². The molecule has 0 aliphatic rings. The summed E-state index contributed by atoms with van der Waals surface area (Å²) >= 11 is 0. The molecule has 132 valence electrons. The summed E-state index contributed by atoms with van der Waals surface area (Å²) in [6, 6.07) is 11.0. The number of hydrogen-bond acceptors (Lipinski definition) is 6. The summed E-state index contributed by atoms with van der Waals surface area (Å²) in [5.74, 6) is -0.120. The molecule has 2 aromatic carbocycles. The van der Waals surface area contributed by atoms with Gasteiger partial charge in [0.1, 0.15) is 6.33 Å². The highest BCUT2D eigenvalue weighted by molar-refractivity contribution is 7.92. The molecule has 0 unspecified atom stereocenters. The minimum atomic E-state index is -3.91. The Kier molecular flexibility index (Phi) is 3.62. The van der Waals surface area contributed by atoms with Crippen molar-refractivity contribution >= 4 is 26.8 Å². The van der Waals surface area contributed by atoms with Crippen molar-refractivity contribution in [2.75, 3.05) is 4.72 Å². The lowest BCUT2D eigenvalue weighted by atomic mass is 10.2. The normalized spacial score (nSPS) is 11.7. The largest absolute Gasteiger partial charge is 0.417 e. The van der Waals surface area contributed by atoms with E-state index in [1.807, 2.05) is 0 Å². The van der Waals surface area contributed by atoms with E-state index in [1.54, 1.807) is 35.9 Å². The van der Waals surface area contributed by atoms with Crippen molar-refractivity contribution in [3.8, 4) is 11.4 Å². The zero-order valence-corrected chi connectivity index (χ0v) is 14.3. The van der Waals surface area contributed by atoms with Gasteiger partial charge in [-0.05, 0) is 24.3 Å². The second kappa shape index (κ2) is 5.85. The highest BCUT2D eigenvalue weighted by Crippen LogP contribution is 2.28. The number of oxazole rings is 1. The Balaban J connectivity index is 1.76. The van der Waals surface area contributed by atoms with E-state index in [0.29, 0.717) is 22.6 Å². The van der Waals surface area contributed by atoms with E-state index in [4.69, 9.17) is 4.42 Å². The van der Waals surface area contributed by atoms with E-state index in [2.05, 4.69) is 19.9 Å². The number of para-hydroxylation sites is 1. The molecule has 0 amide bonds. The zero-order valence-electron chi connectivity index (χ0n) is 13.5. The predicted molar refractivity (Wildman–Crippen MR) is 94.1 cm³/mol. The van der Waals surface area contributed by atoms with E-state index in [1.165, 1.54) is 24.5 Å². The lowest BCUT2D eigenvalue weighted by Gasteiger charge is -2.12. The van der Waals surface area contributed by atoms with Gasteiger partial charge in [-0.2, -0.15) is 0 Å². The molecular formula is C16H13N5O4S. The second-order valence-electron chi connectivity index (χ2n) is 5.59. The van der Waals surface area contributed by atoms with Crippen LogP contribution >= 0.6 is 0 Å². The lowest BCUT2D eigenvalue weighted by Crippen LogP contribution is -2.14. The molecule has 10 heteroatoms. The third-order valence-electron chi connectivity index (χ3n) is 3.83. The highest BCUT2D eigenvalue weighted by atomic mass is 32.2. The van der Waals surface area contributed by atoms with Crippen LogP contribution in [0.1, 0.15) is 0 Å². The average Bonchev–Trinajstić information content (AvgIpc) is 3.18. The summed E-state index contributed by atoms with van der Waals surface area (Å²) in [5.41, 5.74) is 1.54. The molecule has 26 heavy (non-hydrogen) atoms. The number of nitrogens with zero attached hydrogens (tertiary/aromatic N) is 3. The zero-order chi connectivity index (χ0) is 18.3. The molecule has 0 saturated heterocycles. The van der Waals surface area contributed by atoms with Crippen LogP contribution in [0.3, 0.4) is 0 Å². The third-order valence-corrected chi connectivity index (χ3v) is 5.19. The number of aryl methyl sites for hydroxylation is 1. The van der Waals surface area contributed by atoms with Gasteiger partial charge in [0.25, 0.3) is 10.0 Å². The van der Waals surface area contributed by atoms with Crippen LogP contribution in [0.4, 0.5) is 5.69 Å². The molecule has 4 aromatic rings. The molecule has 9 nitrogen and oxygen atoms in total. The minimum Gasteiger partial charge on any atom is -0.408 e. The van der Waals surface area contributed by atoms with Gasteiger partial charge >= 0.3 is 5.76 Å². The molecule has 2 aromatic heterocycles. The molecule has 0 bridgehead atoms. The Morgan fingerprint density at radius 3 is 2.77 bits per heavy atom. The summed E-state index contributed by atoms with van der Waals surface area (Å²) in [6.07, 6.45) is 1.53. The molecule has 0 aliphatic heterocycles. The number of aromatic amines is 1. The molecule has 2 heterocycles. The summed E-state index contributed by atoms with van der Waals surface area (Å²) in [6.45, 7) is 0. The minimum absolute atomic E-state index is 0.0273. The van der Waals surface area contributed by atoms with Crippen LogP contribution in [0.25, 0.3) is 22.5 Å². The van der Waals surface area contributed by atoms with Gasteiger partial charge in [0, 0.05) is 18.7 Å². The summed E-state index contributed by atoms with van der Waals surface area (Å²) in [5, 5.41) is 7.84. The number of benzene rings is 2. The van der Waals surface area contributed by atoms with Crippen LogP contribution in [0.5, 0.6) is 0 Å². The number of hydrogen-bond donors (Lipinski definition) is 2. The van der Waals surface area contributed by atoms with Gasteiger partial charge in [-0.3, -0.25) is 9.71 Å². The van der Waals surface area contributed by atoms with Crippen LogP contribution in [0.2, 0.25) is 0 Å². The van der Waals surface area contributed by atoms with Gasteiger partial charge in [0.05, 0.1) is 16.1 Å². The number of H-pyrrole nitrogens is 1. The van der Waals surface area contributed by atoms with Gasteiger partial charge in [-0.15, -0.1) is 10.2 Å². The molecule has 0 fully saturated rings. The number of rotatable bonds is 4. The van der Waals surface area contributed by atoms with Crippen LogP contribution in [-0.4, -0.2) is 28.2 Å². The van der Waals surface area contributed by atoms with Crippen molar-refractivity contribution in [2.24, 2.45) is 7.05 Å². The SMILES string of the molecule is Cn1cnnc1-c1ccccc1NS(=O)(=O)c1ccc2[nH]c(=O)oc2c1. The Labute approximate surface area is 147 Å². The standard InChI is InChI=1S/C16H13N5O4S/c1-21-9-17-19-15(21)11-4-2-3-5-12(11)20-26(23,24)10-6-7-13-14(8-10)25-16(22)18-13/h2-9,20H,1H3,(H,18,22). The van der Waals surface area contributed by atoms with Gasteiger partial charge in [0.15, 0.2) is 11.4 Å². The molecule has 2 N–H and O–H groups in total. The maximum Gasteiger partial charge on any atom is 0.417 e. The molecule has 4 rings (SSSR count). The number of sulfonamides is 1. The topological polar surface area (TPSA) is 123 Å². The van der Waals surface area contributed by atoms with Gasteiger partial charge in [-0.25, -0.2) is 13.2 Å². The third kappa shape index (κ3) is 2.75. The van der Waals surface area contributed by atoms with E-state index < -0.39 is 15.8 Å². The fraction of sp³-hybridized carbons (Fsp3) is 0.0625. The van der Waals surface area contributed by atoms with Gasteiger partial charge in [-0.1, -0.05) is 12.1 Å². The number of fused-ring (bicyclic) bond motifs is 1. The van der Waals surface area contributed by atoms with E-state index in [9.17, 15) is 13.2 Å². The first-order valence-corrected chi connectivity index (χ1v) is 9.01. The van der Waals surface area contributed by atoms with E-state index in [-0.39, 0.29) is 10.5 Å². The van der Waals surface area contributed by atoms with Crippen LogP contribution < -0.4 is 10.5 Å². The fourth-order valence-corrected chi connectivity index (χ4v) is 3.69. The van der Waals surface area contributed by atoms with Crippen molar-refractivity contribution in [1.82, 2.24) is 19.7 Å². The van der Waals surface area contributed by atoms with Crippen LogP contribution in [-0.2, 0) is 17.1 Å². The molecule has 0 saturated carbocycles. The van der Waals surface area contributed by atoms with Crippen molar-refractivity contribution < 1.29 is 12.8 Å². The Bertz CT molecular complexity index is 1270. The van der Waals surface area contributed by atoms with Crippen molar-refractivity contribution in [1.29, 1.82) is 0 Å². The Morgan fingerprint density at radius 2 is 2.00 bits per heavy atom. The molecule has 0 atom stereocenters. The number of anilines is 1. The van der Waals surface area contributed by atoms with Crippen LogP contribution in [0, 0.1) is 0 Å². The molecule has 0 radical (unpaired) electrons. The van der Waals surface area contributed by atoms with Gasteiger partial charge < -0.3 is 8.98 Å². The second-order valence-corrected chi connectivity index (χ2v) is 7.27. The van der Waals surface area contributed by atoms with Gasteiger partial charge in [0.2, 0.25) is 0 Å². The van der Waals surface area contributed by atoms with Crippen molar-refractivity contribution in [3.63, 3.8) is 0 Å². The predicted octanol–water partition coefficient (Wildman–Crippen LogP) is 1.72. The quantitative estimate of drug-likeness (QED) is 0.563. The monoisotopic (exact) mass is 371 g/mol. The fourth-order valence-electron chi connectivity index (χ4n) is 2.59. The Morgan fingerprint density at radius 1 is 1.19 bits per heavy atom. The summed E-state index contributed by atoms with van der Waals surface area (Å²) in [4.78, 5) is 13.7. The summed E-state index contributed by atoms with van der Waals surface area (Å²) < 4.78 is 34.7. The van der Waals surface area contributed by atoms with Crippen molar-refractivity contribution in [3.05, 3.63) is 59.3 Å². The first kappa shape index (κ1) is 16.1. The number of nitrogens with one attached hydrogen (secondary N) is 2. The van der Waals surface area contributed by atoms with E-state index >= 15 is 0 Å². The average molecular weight is 371 g/mol. The van der Waals surface area contributed by atoms with Crippen molar-refractivity contribution in [2.45, 2.75) is 4.90 Å². The first-order valence-electron chi connectivity index (χ1n) is 7.53. The number of aromatic nitrogens is 4. The molecule has 0 aliphatic carbocycles. The van der Waals surface area contributed by atoms with Crippen LogP contribution in [0.15, 0.2) is 62.9 Å². The summed E-state index contributed by atoms with van der Waals surface area (Å²) in [7, 11) is -2.14. The molecular weight excluding hydrogens is 358 g/mol. The maximum atomic E-state index is 12.8. The lowest BCUT2D eigenvalue weighted by molar-refractivity contribution is 0.554.